The van der Waals surface area contributed by atoms with E-state index in [1.807, 2.05) is 48.7 Å². The summed E-state index contributed by atoms with van der Waals surface area (Å²) in [6.07, 6.45) is 4.98. The second-order valence-corrected chi connectivity index (χ2v) is 7.40. The maximum absolute atomic E-state index is 12.8. The van der Waals surface area contributed by atoms with Crippen LogP contribution in [0.4, 0.5) is 0 Å². The topological polar surface area (TPSA) is 71.3 Å². The number of pyridine rings is 1. The lowest BCUT2D eigenvalue weighted by molar-refractivity contribution is -0.130. The van der Waals surface area contributed by atoms with Gasteiger partial charge in [-0.15, -0.1) is 0 Å². The number of amides is 1. The highest BCUT2D eigenvalue weighted by Gasteiger charge is 2.45. The van der Waals surface area contributed by atoms with E-state index in [2.05, 4.69) is 26.4 Å². The molecule has 0 spiro atoms. The Morgan fingerprint density at radius 2 is 2.11 bits per heavy atom. The van der Waals surface area contributed by atoms with Gasteiger partial charge in [0.05, 0.1) is 5.41 Å². The third-order valence-corrected chi connectivity index (χ3v) is 5.41. The fourth-order valence-electron chi connectivity index (χ4n) is 3.99. The third kappa shape index (κ3) is 3.82. The van der Waals surface area contributed by atoms with Gasteiger partial charge in [0.15, 0.2) is 0 Å². The van der Waals surface area contributed by atoms with E-state index in [4.69, 9.17) is 4.52 Å². The molecule has 2 aromatic heterocycles. The van der Waals surface area contributed by atoms with Gasteiger partial charge in [0.1, 0.15) is 11.5 Å². The van der Waals surface area contributed by atoms with Crippen LogP contribution in [0.2, 0.25) is 0 Å². The van der Waals surface area contributed by atoms with Crippen molar-refractivity contribution in [2.75, 3.05) is 20.1 Å². The highest BCUT2D eigenvalue weighted by molar-refractivity contribution is 5.83. The van der Waals surface area contributed by atoms with E-state index in [9.17, 15) is 4.79 Å². The van der Waals surface area contributed by atoms with Gasteiger partial charge >= 0.3 is 0 Å². The van der Waals surface area contributed by atoms with E-state index in [1.54, 1.807) is 13.2 Å². The fourth-order valence-corrected chi connectivity index (χ4v) is 3.99. The molecule has 3 heterocycles. The molecule has 0 bridgehead atoms. The predicted octanol–water partition coefficient (Wildman–Crippen LogP) is 2.92. The van der Waals surface area contributed by atoms with Crippen LogP contribution in [-0.2, 0) is 17.8 Å². The van der Waals surface area contributed by atoms with Crippen LogP contribution in [-0.4, -0.2) is 41.1 Å². The van der Waals surface area contributed by atoms with Crippen LogP contribution in [0.15, 0.2) is 65.4 Å². The molecule has 6 heteroatoms. The molecule has 144 valence electrons. The molecular weight excluding hydrogens is 352 g/mol. The van der Waals surface area contributed by atoms with Gasteiger partial charge in [0.2, 0.25) is 5.91 Å². The lowest BCUT2D eigenvalue weighted by Gasteiger charge is -2.26. The Bertz CT molecular complexity index is 926. The summed E-state index contributed by atoms with van der Waals surface area (Å²) in [4.78, 5) is 19.3. The van der Waals surface area contributed by atoms with Crippen molar-refractivity contribution >= 4 is 5.91 Å². The number of carbonyl (C=O) groups excluding carboxylic acids is 1. The summed E-state index contributed by atoms with van der Waals surface area (Å²) in [6, 6.07) is 15.9. The molecule has 1 aliphatic rings. The SMILES string of the molecule is CNC(=O)[C@@]1(Cc2cc(-c3ccccc3)no2)CCN(Cc2cccnc2)C1. The molecule has 3 aromatic rings. The maximum Gasteiger partial charge on any atom is 0.227 e. The minimum Gasteiger partial charge on any atom is -0.361 e. The smallest absolute Gasteiger partial charge is 0.227 e. The Morgan fingerprint density at radius 3 is 2.86 bits per heavy atom. The van der Waals surface area contributed by atoms with E-state index < -0.39 is 5.41 Å². The number of nitrogens with one attached hydrogen (secondary N) is 1. The van der Waals surface area contributed by atoms with Crippen molar-refractivity contribution in [1.82, 2.24) is 20.4 Å². The fraction of sp³-hybridized carbons (Fsp3) is 0.318. The van der Waals surface area contributed by atoms with Crippen molar-refractivity contribution in [1.29, 1.82) is 0 Å². The summed E-state index contributed by atoms with van der Waals surface area (Å²) in [7, 11) is 1.70. The number of nitrogens with zero attached hydrogens (tertiary/aromatic N) is 3. The molecule has 1 N–H and O–H groups in total. The van der Waals surface area contributed by atoms with Gasteiger partial charge < -0.3 is 9.84 Å². The van der Waals surface area contributed by atoms with Crippen molar-refractivity contribution in [2.45, 2.75) is 19.4 Å². The summed E-state index contributed by atoms with van der Waals surface area (Å²) < 4.78 is 5.60. The van der Waals surface area contributed by atoms with E-state index in [0.29, 0.717) is 13.0 Å². The molecule has 0 radical (unpaired) electrons. The van der Waals surface area contributed by atoms with Crippen LogP contribution in [0.5, 0.6) is 0 Å². The lowest BCUT2D eigenvalue weighted by Crippen LogP contribution is -2.43. The Balaban J connectivity index is 1.51. The molecule has 1 aliphatic heterocycles. The number of likely N-dealkylation sites (tertiary alicyclic amines) is 1. The molecule has 4 rings (SSSR count). The molecule has 1 aromatic carbocycles. The zero-order valence-corrected chi connectivity index (χ0v) is 16.0. The van der Waals surface area contributed by atoms with Gasteiger partial charge in [-0.1, -0.05) is 41.6 Å². The van der Waals surface area contributed by atoms with Crippen molar-refractivity contribution in [3.8, 4) is 11.3 Å². The zero-order chi connectivity index (χ0) is 19.4. The van der Waals surface area contributed by atoms with Gasteiger partial charge in [0, 0.05) is 50.6 Å². The number of hydrogen-bond acceptors (Lipinski definition) is 5. The number of rotatable bonds is 6. The third-order valence-electron chi connectivity index (χ3n) is 5.41. The van der Waals surface area contributed by atoms with Crippen LogP contribution < -0.4 is 5.32 Å². The number of benzene rings is 1. The Hall–Kier alpha value is -2.99. The summed E-state index contributed by atoms with van der Waals surface area (Å²) in [6.45, 7) is 2.34. The lowest BCUT2D eigenvalue weighted by atomic mass is 9.81. The van der Waals surface area contributed by atoms with Crippen molar-refractivity contribution < 1.29 is 9.32 Å². The van der Waals surface area contributed by atoms with Crippen LogP contribution in [0.25, 0.3) is 11.3 Å². The minimum atomic E-state index is -0.509. The van der Waals surface area contributed by atoms with Crippen LogP contribution in [0.1, 0.15) is 17.7 Å². The quantitative estimate of drug-likeness (QED) is 0.716. The Labute approximate surface area is 164 Å². The highest BCUT2D eigenvalue weighted by Crippen LogP contribution is 2.36. The van der Waals surface area contributed by atoms with E-state index in [0.717, 1.165) is 42.1 Å². The second-order valence-electron chi connectivity index (χ2n) is 7.40. The molecule has 28 heavy (non-hydrogen) atoms. The molecule has 1 atom stereocenters. The largest absolute Gasteiger partial charge is 0.361 e. The van der Waals surface area contributed by atoms with Crippen molar-refractivity contribution in [3.05, 3.63) is 72.2 Å². The number of hydrogen-bond donors (Lipinski definition) is 1. The van der Waals surface area contributed by atoms with Gasteiger partial charge in [-0.25, -0.2) is 0 Å². The monoisotopic (exact) mass is 376 g/mol. The van der Waals surface area contributed by atoms with Gasteiger partial charge in [-0.2, -0.15) is 0 Å². The molecule has 6 nitrogen and oxygen atoms in total. The normalized spacial score (nSPS) is 19.6. The standard InChI is InChI=1S/C22H24N4O2/c1-23-21(27)22(9-11-26(16-22)15-17-6-5-10-24-14-17)13-19-12-20(25-28-19)18-7-3-2-4-8-18/h2-8,10,12,14H,9,11,13,15-16H2,1H3,(H,23,27)/t22-/m1/s1. The average Bonchev–Trinajstić information content (AvgIpc) is 3.37. The molecule has 0 saturated carbocycles. The molecule has 1 fully saturated rings. The summed E-state index contributed by atoms with van der Waals surface area (Å²) in [5, 5.41) is 7.05. The average molecular weight is 376 g/mol. The molecule has 0 unspecified atom stereocenters. The highest BCUT2D eigenvalue weighted by atomic mass is 16.5. The first-order valence-electron chi connectivity index (χ1n) is 9.53. The van der Waals surface area contributed by atoms with Crippen LogP contribution in [0, 0.1) is 5.41 Å². The van der Waals surface area contributed by atoms with Crippen molar-refractivity contribution in [2.24, 2.45) is 5.41 Å². The first kappa shape index (κ1) is 18.4. The predicted molar refractivity (Wildman–Crippen MR) is 106 cm³/mol. The summed E-state index contributed by atoms with van der Waals surface area (Å²) >= 11 is 0. The molecule has 1 amide bonds. The van der Waals surface area contributed by atoms with Gasteiger partial charge in [-0.05, 0) is 24.6 Å². The zero-order valence-electron chi connectivity index (χ0n) is 16.0. The Morgan fingerprint density at radius 1 is 1.25 bits per heavy atom. The number of carbonyl (C=O) groups is 1. The van der Waals surface area contributed by atoms with Crippen LogP contribution in [0.3, 0.4) is 0 Å². The van der Waals surface area contributed by atoms with Crippen molar-refractivity contribution in [3.63, 3.8) is 0 Å². The van der Waals surface area contributed by atoms with E-state index >= 15 is 0 Å². The van der Waals surface area contributed by atoms with Gasteiger partial charge in [0.25, 0.3) is 0 Å². The Kier molecular flexibility index (Phi) is 5.21. The molecular formula is C22H24N4O2. The van der Waals surface area contributed by atoms with Gasteiger partial charge in [-0.3, -0.25) is 14.7 Å². The minimum absolute atomic E-state index is 0.0545. The summed E-state index contributed by atoms with van der Waals surface area (Å²) in [5.74, 6) is 0.796. The maximum atomic E-state index is 12.8. The first-order chi connectivity index (χ1) is 13.7. The number of aromatic nitrogens is 2. The van der Waals surface area contributed by atoms with Crippen LogP contribution >= 0.6 is 0 Å². The molecule has 1 saturated heterocycles. The first-order valence-corrected chi connectivity index (χ1v) is 9.53. The van der Waals surface area contributed by atoms with E-state index in [-0.39, 0.29) is 5.91 Å². The molecule has 0 aliphatic carbocycles. The van der Waals surface area contributed by atoms with E-state index in [1.165, 1.54) is 0 Å². The second kappa shape index (κ2) is 7.94. The summed E-state index contributed by atoms with van der Waals surface area (Å²) in [5.41, 5.74) is 2.45.